The Morgan fingerprint density at radius 2 is 1.25 bits per heavy atom. The van der Waals surface area contributed by atoms with Gasteiger partial charge in [0.15, 0.2) is 0 Å². The van der Waals surface area contributed by atoms with Crippen LogP contribution < -0.4 is 0 Å². The van der Waals surface area contributed by atoms with Crippen molar-refractivity contribution in [3.63, 3.8) is 0 Å². The zero-order chi connectivity index (χ0) is 8.55. The first-order valence-electron chi connectivity index (χ1n) is 3.95. The Hall–Kier alpha value is -1.44. The van der Waals surface area contributed by atoms with Gasteiger partial charge in [-0.2, -0.15) is 0 Å². The molecule has 1 heterocycles. The van der Waals surface area contributed by atoms with Crippen molar-refractivity contribution < 1.29 is 0 Å². The largest absolute Gasteiger partial charge is 0.253 e. The minimum Gasteiger partial charge on any atom is -0.253 e. The van der Waals surface area contributed by atoms with Crippen molar-refractivity contribution in [2.45, 2.75) is 13.8 Å². The van der Waals surface area contributed by atoms with Crippen LogP contribution in [0.3, 0.4) is 0 Å². The maximum Gasteiger partial charge on any atom is 0.0889 e. The third-order valence-corrected chi connectivity index (χ3v) is 2.08. The van der Waals surface area contributed by atoms with Gasteiger partial charge in [0, 0.05) is 12.4 Å². The summed E-state index contributed by atoms with van der Waals surface area (Å²) in [7, 11) is 0. The van der Waals surface area contributed by atoms with Gasteiger partial charge in [-0.1, -0.05) is 0 Å². The lowest BCUT2D eigenvalue weighted by Crippen LogP contribution is -1.86. The molecule has 1 aromatic carbocycles. The van der Waals surface area contributed by atoms with Gasteiger partial charge in [0.2, 0.25) is 0 Å². The zero-order valence-corrected chi connectivity index (χ0v) is 7.20. The Balaban J connectivity index is 2.84. The summed E-state index contributed by atoms with van der Waals surface area (Å²) in [6.07, 6.45) is 3.44. The number of nitrogens with zero attached hydrogens (tertiary/aromatic N) is 2. The second kappa shape index (κ2) is 2.55. The normalized spacial score (nSPS) is 10.5. The number of fused-ring (bicyclic) bond motifs is 1. The maximum absolute atomic E-state index is 4.22. The standard InChI is InChI=1S/C10H10N2/c1-7-5-9-10(6-8(7)2)12-4-3-11-9/h3-6H,1-2H3. The summed E-state index contributed by atoms with van der Waals surface area (Å²) in [6.45, 7) is 4.17. The minimum absolute atomic E-state index is 0.973. The van der Waals surface area contributed by atoms with Crippen LogP contribution in [0.4, 0.5) is 0 Å². The van der Waals surface area contributed by atoms with Crippen LogP contribution in [0.25, 0.3) is 11.0 Å². The Morgan fingerprint density at radius 1 is 0.833 bits per heavy atom. The van der Waals surface area contributed by atoms with E-state index in [1.807, 2.05) is 0 Å². The number of aryl methyl sites for hydroxylation is 2. The van der Waals surface area contributed by atoms with E-state index in [1.165, 1.54) is 11.1 Å². The molecule has 2 rings (SSSR count). The van der Waals surface area contributed by atoms with Crippen LogP contribution in [-0.2, 0) is 0 Å². The van der Waals surface area contributed by atoms with Crippen molar-refractivity contribution in [2.24, 2.45) is 0 Å². The van der Waals surface area contributed by atoms with Crippen molar-refractivity contribution >= 4 is 11.0 Å². The number of rotatable bonds is 0. The highest BCUT2D eigenvalue weighted by atomic mass is 14.8. The molecule has 2 aromatic rings. The summed E-state index contributed by atoms with van der Waals surface area (Å²) in [5.41, 5.74) is 4.48. The highest BCUT2D eigenvalue weighted by Crippen LogP contribution is 2.14. The molecule has 2 heteroatoms. The van der Waals surface area contributed by atoms with Crippen LogP contribution >= 0.6 is 0 Å². The molecule has 0 saturated heterocycles. The van der Waals surface area contributed by atoms with Gasteiger partial charge < -0.3 is 0 Å². The first-order valence-corrected chi connectivity index (χ1v) is 3.95. The van der Waals surface area contributed by atoms with Gasteiger partial charge in [-0.15, -0.1) is 0 Å². The SMILES string of the molecule is Cc1cc2nccnc2cc1C. The fourth-order valence-corrected chi connectivity index (χ4v) is 1.22. The average molecular weight is 158 g/mol. The summed E-state index contributed by atoms with van der Waals surface area (Å²) < 4.78 is 0. The highest BCUT2D eigenvalue weighted by Gasteiger charge is 1.97. The summed E-state index contributed by atoms with van der Waals surface area (Å²) >= 11 is 0. The first-order chi connectivity index (χ1) is 5.77. The second-order valence-electron chi connectivity index (χ2n) is 2.98. The number of benzene rings is 1. The van der Waals surface area contributed by atoms with E-state index < -0.39 is 0 Å². The molecular formula is C10H10N2. The Bertz CT molecular complexity index is 381. The summed E-state index contributed by atoms with van der Waals surface area (Å²) in [5.74, 6) is 0. The van der Waals surface area contributed by atoms with E-state index in [0.29, 0.717) is 0 Å². The van der Waals surface area contributed by atoms with Crippen LogP contribution in [0.15, 0.2) is 24.5 Å². The average Bonchev–Trinajstić information content (AvgIpc) is 2.07. The van der Waals surface area contributed by atoms with Crippen LogP contribution in [0, 0.1) is 13.8 Å². The van der Waals surface area contributed by atoms with Crippen molar-refractivity contribution in [1.82, 2.24) is 9.97 Å². The van der Waals surface area contributed by atoms with Gasteiger partial charge in [-0.3, -0.25) is 9.97 Å². The fraction of sp³-hybridized carbons (Fsp3) is 0.200. The van der Waals surface area contributed by atoms with Crippen LogP contribution in [0.5, 0.6) is 0 Å². The van der Waals surface area contributed by atoms with Gasteiger partial charge in [-0.05, 0) is 37.1 Å². The molecule has 0 fully saturated rings. The molecule has 12 heavy (non-hydrogen) atoms. The fourth-order valence-electron chi connectivity index (χ4n) is 1.22. The van der Waals surface area contributed by atoms with Gasteiger partial charge in [0.05, 0.1) is 11.0 Å². The molecule has 0 aliphatic rings. The molecule has 0 amide bonds. The predicted octanol–water partition coefficient (Wildman–Crippen LogP) is 2.25. The Kier molecular flexibility index (Phi) is 1.54. The van der Waals surface area contributed by atoms with E-state index in [1.54, 1.807) is 12.4 Å². The molecule has 0 N–H and O–H groups in total. The Morgan fingerprint density at radius 3 is 1.67 bits per heavy atom. The number of hydrogen-bond donors (Lipinski definition) is 0. The smallest absolute Gasteiger partial charge is 0.0889 e. The van der Waals surface area contributed by atoms with Gasteiger partial charge >= 0.3 is 0 Å². The first kappa shape index (κ1) is 7.22. The molecule has 60 valence electrons. The van der Waals surface area contributed by atoms with Gasteiger partial charge in [0.25, 0.3) is 0 Å². The monoisotopic (exact) mass is 158 g/mol. The van der Waals surface area contributed by atoms with Crippen molar-refractivity contribution in [1.29, 1.82) is 0 Å². The molecule has 0 radical (unpaired) electrons. The second-order valence-corrected chi connectivity index (χ2v) is 2.98. The van der Waals surface area contributed by atoms with Crippen molar-refractivity contribution in [3.05, 3.63) is 35.7 Å². The van der Waals surface area contributed by atoms with Crippen LogP contribution in [0.2, 0.25) is 0 Å². The summed E-state index contributed by atoms with van der Waals surface area (Å²) in [6, 6.07) is 4.13. The van der Waals surface area contributed by atoms with Gasteiger partial charge in [0.1, 0.15) is 0 Å². The molecule has 0 aliphatic carbocycles. The van der Waals surface area contributed by atoms with Crippen LogP contribution in [-0.4, -0.2) is 9.97 Å². The third kappa shape index (κ3) is 1.05. The molecular weight excluding hydrogens is 148 g/mol. The van der Waals surface area contributed by atoms with E-state index in [0.717, 1.165) is 11.0 Å². The quantitative estimate of drug-likeness (QED) is 0.587. The summed E-state index contributed by atoms with van der Waals surface area (Å²) in [5, 5.41) is 0. The topological polar surface area (TPSA) is 25.8 Å². The van der Waals surface area contributed by atoms with E-state index in [9.17, 15) is 0 Å². The molecule has 0 unspecified atom stereocenters. The van der Waals surface area contributed by atoms with Gasteiger partial charge in [-0.25, -0.2) is 0 Å². The molecule has 0 saturated carbocycles. The molecule has 2 nitrogen and oxygen atoms in total. The molecule has 0 aliphatic heterocycles. The lowest BCUT2D eigenvalue weighted by atomic mass is 10.1. The minimum atomic E-state index is 0.973. The maximum atomic E-state index is 4.22. The van der Waals surface area contributed by atoms with E-state index >= 15 is 0 Å². The molecule has 1 aromatic heterocycles. The Labute approximate surface area is 71.3 Å². The van der Waals surface area contributed by atoms with Crippen molar-refractivity contribution in [2.75, 3.05) is 0 Å². The van der Waals surface area contributed by atoms with E-state index in [-0.39, 0.29) is 0 Å². The third-order valence-electron chi connectivity index (χ3n) is 2.08. The van der Waals surface area contributed by atoms with Crippen molar-refractivity contribution in [3.8, 4) is 0 Å². The molecule has 0 atom stereocenters. The van der Waals surface area contributed by atoms with E-state index in [2.05, 4.69) is 35.9 Å². The highest BCUT2D eigenvalue weighted by molar-refractivity contribution is 5.75. The zero-order valence-electron chi connectivity index (χ0n) is 7.20. The number of hydrogen-bond acceptors (Lipinski definition) is 2. The molecule has 0 spiro atoms. The van der Waals surface area contributed by atoms with E-state index in [4.69, 9.17) is 0 Å². The van der Waals surface area contributed by atoms with Crippen LogP contribution in [0.1, 0.15) is 11.1 Å². The number of aromatic nitrogens is 2. The molecule has 0 bridgehead atoms. The lowest BCUT2D eigenvalue weighted by molar-refractivity contribution is 1.26. The lowest BCUT2D eigenvalue weighted by Gasteiger charge is -2.00. The summed E-state index contributed by atoms with van der Waals surface area (Å²) in [4.78, 5) is 8.44. The predicted molar refractivity (Wildman–Crippen MR) is 49.0 cm³/mol.